The third kappa shape index (κ3) is 4.38. The molecule has 0 spiro atoms. The van der Waals surface area contributed by atoms with E-state index in [2.05, 4.69) is 10.6 Å². The first-order valence-corrected chi connectivity index (χ1v) is 8.62. The van der Waals surface area contributed by atoms with Gasteiger partial charge in [0.15, 0.2) is 0 Å². The Bertz CT molecular complexity index is 728. The standard InChI is InChI=1S/C20H23N3O2/c1-15(17-6-3-2-4-7-17)22-20(25)21-14-16-9-11-18(12-10-16)23-13-5-8-19(23)24/h2-4,6-7,9-12,15H,5,8,13-14H2,1H3,(H2,21,22,25)/t15-/m1/s1. The summed E-state index contributed by atoms with van der Waals surface area (Å²) < 4.78 is 0. The lowest BCUT2D eigenvalue weighted by Crippen LogP contribution is -2.36. The van der Waals surface area contributed by atoms with Gasteiger partial charge >= 0.3 is 6.03 Å². The van der Waals surface area contributed by atoms with Crippen molar-refractivity contribution in [3.05, 3.63) is 65.7 Å². The van der Waals surface area contributed by atoms with Crippen molar-refractivity contribution in [3.63, 3.8) is 0 Å². The number of carbonyl (C=O) groups excluding carboxylic acids is 2. The van der Waals surface area contributed by atoms with Crippen molar-refractivity contribution in [2.75, 3.05) is 11.4 Å². The number of benzene rings is 2. The Kier molecular flexibility index (Phi) is 5.33. The highest BCUT2D eigenvalue weighted by atomic mass is 16.2. The fraction of sp³-hybridized carbons (Fsp3) is 0.300. The van der Waals surface area contributed by atoms with Gasteiger partial charge in [-0.2, -0.15) is 0 Å². The van der Waals surface area contributed by atoms with Crippen LogP contribution in [-0.4, -0.2) is 18.5 Å². The first-order valence-electron chi connectivity index (χ1n) is 8.62. The summed E-state index contributed by atoms with van der Waals surface area (Å²) in [5.74, 6) is 0.181. The second-order valence-corrected chi connectivity index (χ2v) is 6.27. The molecule has 0 aliphatic carbocycles. The van der Waals surface area contributed by atoms with E-state index in [9.17, 15) is 9.59 Å². The predicted molar refractivity (Wildman–Crippen MR) is 98.3 cm³/mol. The van der Waals surface area contributed by atoms with Gasteiger partial charge in [0, 0.05) is 25.2 Å². The molecule has 3 rings (SSSR count). The molecule has 25 heavy (non-hydrogen) atoms. The summed E-state index contributed by atoms with van der Waals surface area (Å²) in [4.78, 5) is 25.6. The smallest absolute Gasteiger partial charge is 0.315 e. The van der Waals surface area contributed by atoms with E-state index in [0.717, 1.165) is 29.8 Å². The Morgan fingerprint density at radius 3 is 2.48 bits per heavy atom. The van der Waals surface area contributed by atoms with Crippen LogP contribution >= 0.6 is 0 Å². The molecule has 1 atom stereocenters. The normalized spacial score (nSPS) is 15.1. The lowest BCUT2D eigenvalue weighted by molar-refractivity contribution is -0.117. The Hall–Kier alpha value is -2.82. The summed E-state index contributed by atoms with van der Waals surface area (Å²) in [5.41, 5.74) is 2.99. The highest BCUT2D eigenvalue weighted by Gasteiger charge is 2.21. The van der Waals surface area contributed by atoms with Crippen LogP contribution in [0, 0.1) is 0 Å². The number of amides is 3. The maximum absolute atomic E-state index is 12.0. The minimum absolute atomic E-state index is 0.0512. The summed E-state index contributed by atoms with van der Waals surface area (Å²) in [7, 11) is 0. The van der Waals surface area contributed by atoms with E-state index in [1.807, 2.05) is 66.4 Å². The summed E-state index contributed by atoms with van der Waals surface area (Å²) in [5, 5.41) is 5.79. The van der Waals surface area contributed by atoms with E-state index in [1.54, 1.807) is 0 Å². The zero-order valence-electron chi connectivity index (χ0n) is 14.4. The first-order chi connectivity index (χ1) is 12.1. The number of nitrogens with one attached hydrogen (secondary N) is 2. The molecule has 1 fully saturated rings. The molecule has 5 nitrogen and oxygen atoms in total. The van der Waals surface area contributed by atoms with Crippen LogP contribution in [0.4, 0.5) is 10.5 Å². The van der Waals surface area contributed by atoms with Gasteiger partial charge in [-0.05, 0) is 36.6 Å². The van der Waals surface area contributed by atoms with Crippen molar-refractivity contribution in [3.8, 4) is 0 Å². The van der Waals surface area contributed by atoms with E-state index in [-0.39, 0.29) is 18.0 Å². The summed E-state index contributed by atoms with van der Waals surface area (Å²) in [6, 6.07) is 17.4. The van der Waals surface area contributed by atoms with E-state index in [0.29, 0.717) is 13.0 Å². The van der Waals surface area contributed by atoms with Crippen LogP contribution in [-0.2, 0) is 11.3 Å². The average molecular weight is 337 g/mol. The summed E-state index contributed by atoms with van der Waals surface area (Å²) >= 11 is 0. The second kappa shape index (κ2) is 7.83. The van der Waals surface area contributed by atoms with Gasteiger partial charge in [0.05, 0.1) is 6.04 Å². The predicted octanol–water partition coefficient (Wildman–Crippen LogP) is 3.37. The van der Waals surface area contributed by atoms with Crippen molar-refractivity contribution < 1.29 is 9.59 Å². The van der Waals surface area contributed by atoms with Crippen molar-refractivity contribution in [2.45, 2.75) is 32.4 Å². The van der Waals surface area contributed by atoms with Gasteiger partial charge in [0.2, 0.25) is 5.91 Å². The molecule has 2 aromatic rings. The van der Waals surface area contributed by atoms with Crippen molar-refractivity contribution in [1.82, 2.24) is 10.6 Å². The summed E-state index contributed by atoms with van der Waals surface area (Å²) in [6.07, 6.45) is 1.55. The molecule has 1 aliphatic heterocycles. The van der Waals surface area contributed by atoms with E-state index in [4.69, 9.17) is 0 Å². The maximum atomic E-state index is 12.0. The molecular formula is C20H23N3O2. The van der Waals surface area contributed by atoms with Crippen molar-refractivity contribution in [2.24, 2.45) is 0 Å². The van der Waals surface area contributed by atoms with Crippen molar-refractivity contribution >= 4 is 17.6 Å². The summed E-state index contributed by atoms with van der Waals surface area (Å²) in [6.45, 7) is 3.19. The van der Waals surface area contributed by atoms with Gasteiger partial charge in [-0.1, -0.05) is 42.5 Å². The van der Waals surface area contributed by atoms with Gasteiger partial charge in [-0.3, -0.25) is 4.79 Å². The fourth-order valence-corrected chi connectivity index (χ4v) is 2.97. The minimum Gasteiger partial charge on any atom is -0.334 e. The second-order valence-electron chi connectivity index (χ2n) is 6.27. The van der Waals surface area contributed by atoms with Gasteiger partial charge < -0.3 is 15.5 Å². The van der Waals surface area contributed by atoms with Crippen LogP contribution in [0.2, 0.25) is 0 Å². The molecule has 2 aromatic carbocycles. The van der Waals surface area contributed by atoms with Crippen molar-refractivity contribution in [1.29, 1.82) is 0 Å². The lowest BCUT2D eigenvalue weighted by Gasteiger charge is -2.17. The maximum Gasteiger partial charge on any atom is 0.315 e. The Morgan fingerprint density at radius 1 is 1.12 bits per heavy atom. The molecule has 0 bridgehead atoms. The largest absolute Gasteiger partial charge is 0.334 e. The Labute approximate surface area is 148 Å². The molecule has 1 heterocycles. The van der Waals surface area contributed by atoms with Gasteiger partial charge in [0.1, 0.15) is 0 Å². The van der Waals surface area contributed by atoms with Crippen LogP contribution in [0.3, 0.4) is 0 Å². The molecule has 2 N–H and O–H groups in total. The SMILES string of the molecule is C[C@@H](NC(=O)NCc1ccc(N2CCCC2=O)cc1)c1ccccc1. The molecular weight excluding hydrogens is 314 g/mol. The fourth-order valence-electron chi connectivity index (χ4n) is 2.97. The molecule has 5 heteroatoms. The van der Waals surface area contributed by atoms with Crippen LogP contribution < -0.4 is 15.5 Å². The Morgan fingerprint density at radius 2 is 1.84 bits per heavy atom. The number of nitrogens with zero attached hydrogens (tertiary/aromatic N) is 1. The number of hydrogen-bond donors (Lipinski definition) is 2. The number of urea groups is 1. The van der Waals surface area contributed by atoms with Gasteiger partial charge in [-0.25, -0.2) is 4.79 Å². The lowest BCUT2D eigenvalue weighted by atomic mass is 10.1. The molecule has 1 saturated heterocycles. The zero-order chi connectivity index (χ0) is 17.6. The molecule has 0 aromatic heterocycles. The minimum atomic E-state index is -0.199. The van der Waals surface area contributed by atoms with Gasteiger partial charge in [-0.15, -0.1) is 0 Å². The zero-order valence-corrected chi connectivity index (χ0v) is 14.4. The molecule has 3 amide bonds. The molecule has 1 aliphatic rings. The topological polar surface area (TPSA) is 61.4 Å². The van der Waals surface area contributed by atoms with E-state index < -0.39 is 0 Å². The first kappa shape index (κ1) is 17.0. The monoisotopic (exact) mass is 337 g/mol. The van der Waals surface area contributed by atoms with Crippen LogP contribution in [0.25, 0.3) is 0 Å². The third-order valence-corrected chi connectivity index (χ3v) is 4.42. The van der Waals surface area contributed by atoms with Crippen LogP contribution in [0.15, 0.2) is 54.6 Å². The molecule has 0 radical (unpaired) electrons. The Balaban J connectivity index is 1.49. The molecule has 130 valence electrons. The number of carbonyl (C=O) groups is 2. The van der Waals surface area contributed by atoms with E-state index in [1.165, 1.54) is 0 Å². The van der Waals surface area contributed by atoms with E-state index >= 15 is 0 Å². The molecule has 0 unspecified atom stereocenters. The number of rotatable bonds is 5. The molecule has 0 saturated carbocycles. The van der Waals surface area contributed by atoms with Crippen LogP contribution in [0.5, 0.6) is 0 Å². The number of anilines is 1. The highest BCUT2D eigenvalue weighted by Crippen LogP contribution is 2.21. The average Bonchev–Trinajstić information content (AvgIpc) is 3.07. The quantitative estimate of drug-likeness (QED) is 0.879. The number of hydrogen-bond acceptors (Lipinski definition) is 2. The van der Waals surface area contributed by atoms with Crippen LogP contribution in [0.1, 0.15) is 36.9 Å². The highest BCUT2D eigenvalue weighted by molar-refractivity contribution is 5.95. The third-order valence-electron chi connectivity index (χ3n) is 4.42. The van der Waals surface area contributed by atoms with Gasteiger partial charge in [0.25, 0.3) is 0 Å².